The Hall–Kier alpha value is -2.26. The van der Waals surface area contributed by atoms with Crippen LogP contribution in [0.3, 0.4) is 0 Å². The normalized spacial score (nSPS) is 11.9. The summed E-state index contributed by atoms with van der Waals surface area (Å²) in [4.78, 5) is 1.67. The van der Waals surface area contributed by atoms with E-state index in [1.54, 1.807) is 31.2 Å². The summed E-state index contributed by atoms with van der Waals surface area (Å²) < 4.78 is 58.5. The lowest BCUT2D eigenvalue weighted by molar-refractivity contribution is 0.354. The highest BCUT2D eigenvalue weighted by molar-refractivity contribution is 7.91. The Balaban J connectivity index is 2.46. The minimum absolute atomic E-state index is 0.0339. The van der Waals surface area contributed by atoms with E-state index in [2.05, 4.69) is 0 Å². The van der Waals surface area contributed by atoms with Crippen molar-refractivity contribution in [3.8, 4) is 11.5 Å². The predicted molar refractivity (Wildman–Crippen MR) is 104 cm³/mol. The molecule has 9 heteroatoms. The maximum atomic E-state index is 12.2. The molecule has 0 N–H and O–H groups in total. The average molecular weight is 414 g/mol. The van der Waals surface area contributed by atoms with E-state index < -0.39 is 19.7 Å². The van der Waals surface area contributed by atoms with Gasteiger partial charge in [0.05, 0.1) is 29.7 Å². The highest BCUT2D eigenvalue weighted by Crippen LogP contribution is 2.31. The van der Waals surface area contributed by atoms with E-state index in [-0.39, 0.29) is 9.79 Å². The zero-order valence-electron chi connectivity index (χ0n) is 15.9. The molecule has 27 heavy (non-hydrogen) atoms. The maximum absolute atomic E-state index is 12.2. The van der Waals surface area contributed by atoms with Crippen LogP contribution in [0.5, 0.6) is 11.5 Å². The van der Waals surface area contributed by atoms with Gasteiger partial charge in [0.2, 0.25) is 0 Å². The third-order valence-corrected chi connectivity index (χ3v) is 6.27. The van der Waals surface area contributed by atoms with Gasteiger partial charge < -0.3 is 14.4 Å². The van der Waals surface area contributed by atoms with Crippen LogP contribution < -0.4 is 14.4 Å². The fraction of sp³-hybridized carbons (Fsp3) is 0.333. The van der Waals surface area contributed by atoms with E-state index >= 15 is 0 Å². The summed E-state index contributed by atoms with van der Waals surface area (Å²) in [5, 5.41) is 0. The van der Waals surface area contributed by atoms with Gasteiger partial charge >= 0.3 is 0 Å². The summed E-state index contributed by atoms with van der Waals surface area (Å²) in [6.07, 6.45) is 2.10. The summed E-state index contributed by atoms with van der Waals surface area (Å²) in [5.74, 6) is 1.16. The Labute approximate surface area is 160 Å². The Morgan fingerprint density at radius 2 is 1.48 bits per heavy atom. The van der Waals surface area contributed by atoms with Crippen molar-refractivity contribution in [2.45, 2.75) is 16.3 Å². The molecule has 2 aromatic rings. The van der Waals surface area contributed by atoms with Gasteiger partial charge in [0, 0.05) is 26.1 Å². The number of methoxy groups -OCH3 is 2. The minimum atomic E-state index is -3.63. The molecule has 0 aliphatic carbocycles. The molecule has 0 saturated heterocycles. The molecule has 7 nitrogen and oxygen atoms in total. The number of nitrogens with zero attached hydrogens (tertiary/aromatic N) is 1. The molecule has 0 heterocycles. The van der Waals surface area contributed by atoms with Crippen molar-refractivity contribution in [2.75, 3.05) is 38.7 Å². The number of benzene rings is 2. The van der Waals surface area contributed by atoms with E-state index in [1.165, 1.54) is 25.3 Å². The number of anilines is 1. The molecule has 0 aromatic heterocycles. The summed E-state index contributed by atoms with van der Waals surface area (Å²) in [5.41, 5.74) is 1.29. The smallest absolute Gasteiger partial charge is 0.177 e. The number of ether oxygens (including phenoxy) is 2. The molecule has 0 bridgehead atoms. The van der Waals surface area contributed by atoms with Gasteiger partial charge in [-0.1, -0.05) is 6.07 Å². The summed E-state index contributed by atoms with van der Waals surface area (Å²) in [7, 11) is -2.32. The number of hydrogen-bond donors (Lipinski definition) is 0. The van der Waals surface area contributed by atoms with Gasteiger partial charge in [0.15, 0.2) is 31.2 Å². The van der Waals surface area contributed by atoms with Crippen molar-refractivity contribution >= 4 is 25.4 Å². The highest BCUT2D eigenvalue weighted by Gasteiger charge is 2.20. The van der Waals surface area contributed by atoms with Gasteiger partial charge in [-0.15, -0.1) is 0 Å². The van der Waals surface area contributed by atoms with Crippen LogP contribution in [-0.2, 0) is 26.2 Å². The van der Waals surface area contributed by atoms with Gasteiger partial charge in [-0.05, 0) is 35.9 Å². The number of rotatable bonds is 7. The molecule has 0 fully saturated rings. The summed E-state index contributed by atoms with van der Waals surface area (Å²) in [6, 6.07) is 9.54. The van der Waals surface area contributed by atoms with Crippen molar-refractivity contribution in [3.05, 3.63) is 42.0 Å². The lowest BCUT2D eigenvalue weighted by Gasteiger charge is -2.23. The third-order valence-electron chi connectivity index (χ3n) is 4.04. The quantitative estimate of drug-likeness (QED) is 0.687. The van der Waals surface area contributed by atoms with Gasteiger partial charge in [-0.3, -0.25) is 0 Å². The van der Waals surface area contributed by atoms with Crippen LogP contribution in [0.15, 0.2) is 46.2 Å². The van der Waals surface area contributed by atoms with Crippen molar-refractivity contribution in [2.24, 2.45) is 0 Å². The van der Waals surface area contributed by atoms with E-state index in [9.17, 15) is 16.8 Å². The molecule has 2 rings (SSSR count). The Morgan fingerprint density at radius 1 is 0.852 bits per heavy atom. The van der Waals surface area contributed by atoms with E-state index in [0.29, 0.717) is 23.7 Å². The van der Waals surface area contributed by atoms with Gasteiger partial charge in [-0.25, -0.2) is 16.8 Å². The molecule has 0 aliphatic heterocycles. The van der Waals surface area contributed by atoms with Crippen LogP contribution in [0, 0.1) is 0 Å². The van der Waals surface area contributed by atoms with Crippen LogP contribution in [0.1, 0.15) is 5.56 Å². The second kappa shape index (κ2) is 7.77. The third kappa shape index (κ3) is 4.92. The summed E-state index contributed by atoms with van der Waals surface area (Å²) in [6.45, 7) is 0.390. The lowest BCUT2D eigenvalue weighted by atomic mass is 10.1. The number of hydrogen-bond acceptors (Lipinski definition) is 7. The van der Waals surface area contributed by atoms with E-state index in [0.717, 1.165) is 18.1 Å². The monoisotopic (exact) mass is 413 g/mol. The topological polar surface area (TPSA) is 90.0 Å². The predicted octanol–water partition coefficient (Wildman–Crippen LogP) is 2.15. The first kappa shape index (κ1) is 21.0. The first-order chi connectivity index (χ1) is 12.5. The van der Waals surface area contributed by atoms with Crippen LogP contribution in [0.25, 0.3) is 0 Å². The zero-order valence-corrected chi connectivity index (χ0v) is 17.5. The van der Waals surface area contributed by atoms with Crippen LogP contribution >= 0.6 is 0 Å². The van der Waals surface area contributed by atoms with Crippen LogP contribution in [0.2, 0.25) is 0 Å². The second-order valence-corrected chi connectivity index (χ2v) is 10.2. The Bertz CT molecular complexity index is 1050. The lowest BCUT2D eigenvalue weighted by Crippen LogP contribution is -2.19. The molecular weight excluding hydrogens is 390 g/mol. The average Bonchev–Trinajstić information content (AvgIpc) is 2.59. The Kier molecular flexibility index (Phi) is 6.06. The molecule has 0 saturated carbocycles. The molecule has 0 radical (unpaired) electrons. The molecule has 0 amide bonds. The summed E-state index contributed by atoms with van der Waals surface area (Å²) >= 11 is 0. The fourth-order valence-electron chi connectivity index (χ4n) is 2.68. The largest absolute Gasteiger partial charge is 0.493 e. The molecule has 0 unspecified atom stereocenters. The molecule has 2 aromatic carbocycles. The molecule has 0 atom stereocenters. The first-order valence-corrected chi connectivity index (χ1v) is 11.7. The van der Waals surface area contributed by atoms with Gasteiger partial charge in [-0.2, -0.15) is 0 Å². The van der Waals surface area contributed by atoms with Crippen molar-refractivity contribution in [1.82, 2.24) is 0 Å². The first-order valence-electron chi connectivity index (χ1n) is 7.93. The molecule has 148 valence electrons. The van der Waals surface area contributed by atoms with E-state index in [4.69, 9.17) is 9.47 Å². The van der Waals surface area contributed by atoms with Crippen LogP contribution in [-0.4, -0.2) is 50.6 Å². The zero-order chi connectivity index (χ0) is 20.4. The van der Waals surface area contributed by atoms with E-state index in [1.807, 2.05) is 6.07 Å². The van der Waals surface area contributed by atoms with Crippen molar-refractivity contribution in [3.63, 3.8) is 0 Å². The van der Waals surface area contributed by atoms with Gasteiger partial charge in [0.25, 0.3) is 0 Å². The SMILES string of the molecule is COc1ccc(CN(C)c2ccc(S(C)(=O)=O)cc2S(C)(=O)=O)cc1OC. The second-order valence-electron chi connectivity index (χ2n) is 6.22. The minimum Gasteiger partial charge on any atom is -0.493 e. The Morgan fingerprint density at radius 3 is 2.00 bits per heavy atom. The van der Waals surface area contributed by atoms with Crippen LogP contribution in [0.4, 0.5) is 5.69 Å². The molecule has 0 spiro atoms. The molecular formula is C18H23NO6S2. The van der Waals surface area contributed by atoms with Crippen molar-refractivity contribution in [1.29, 1.82) is 0 Å². The standard InChI is InChI=1S/C18H23NO6S2/c1-19(12-13-6-9-16(24-2)17(10-13)25-3)15-8-7-14(26(4,20)21)11-18(15)27(5,22)23/h6-11H,12H2,1-5H3. The van der Waals surface area contributed by atoms with Gasteiger partial charge in [0.1, 0.15) is 0 Å². The van der Waals surface area contributed by atoms with Crippen molar-refractivity contribution < 1.29 is 26.3 Å². The maximum Gasteiger partial charge on any atom is 0.177 e. The highest BCUT2D eigenvalue weighted by atomic mass is 32.2. The number of sulfone groups is 2. The fourth-order valence-corrected chi connectivity index (χ4v) is 4.34. The molecule has 0 aliphatic rings.